The van der Waals surface area contributed by atoms with Crippen LogP contribution in [0.25, 0.3) is 6.08 Å². The third-order valence-corrected chi connectivity index (χ3v) is 5.47. The normalized spacial score (nSPS) is 15.6. The summed E-state index contributed by atoms with van der Waals surface area (Å²) in [6.07, 6.45) is 7.49. The molecule has 1 fully saturated rings. The molecule has 25 heavy (non-hydrogen) atoms. The number of aryl methyl sites for hydroxylation is 1. The number of thiophene rings is 1. The molecule has 1 aromatic carbocycles. The van der Waals surface area contributed by atoms with Crippen molar-refractivity contribution in [1.29, 1.82) is 0 Å². The van der Waals surface area contributed by atoms with Crippen LogP contribution in [0.1, 0.15) is 40.1 Å². The number of carbonyl (C=O) groups is 1. The Kier molecular flexibility index (Phi) is 6.42. The van der Waals surface area contributed by atoms with Gasteiger partial charge in [-0.25, -0.2) is 0 Å². The molecule has 1 aliphatic rings. The summed E-state index contributed by atoms with van der Waals surface area (Å²) in [4.78, 5) is 16.8. The highest BCUT2D eigenvalue weighted by Gasteiger charge is 2.10. The maximum absolute atomic E-state index is 11.9. The van der Waals surface area contributed by atoms with E-state index >= 15 is 0 Å². The van der Waals surface area contributed by atoms with E-state index in [0.717, 1.165) is 17.0 Å². The van der Waals surface area contributed by atoms with Crippen molar-refractivity contribution in [2.24, 2.45) is 0 Å². The molecule has 0 spiro atoms. The fourth-order valence-corrected chi connectivity index (χ4v) is 3.87. The minimum Gasteiger partial charge on any atom is -0.348 e. The topological polar surface area (TPSA) is 32.3 Å². The summed E-state index contributed by atoms with van der Waals surface area (Å²) in [7, 11) is 0. The van der Waals surface area contributed by atoms with Gasteiger partial charge in [0.1, 0.15) is 0 Å². The number of piperidine rings is 1. The summed E-state index contributed by atoms with van der Waals surface area (Å²) >= 11 is 1.69. The van der Waals surface area contributed by atoms with Crippen molar-refractivity contribution in [3.8, 4) is 0 Å². The summed E-state index contributed by atoms with van der Waals surface area (Å²) in [6, 6.07) is 12.7. The number of hydrogen-bond acceptors (Lipinski definition) is 3. The second-order valence-electron chi connectivity index (χ2n) is 6.65. The molecule has 1 N–H and O–H groups in total. The number of amides is 1. The average molecular weight is 355 g/mol. The summed E-state index contributed by atoms with van der Waals surface area (Å²) in [5.74, 6) is -0.0524. The van der Waals surface area contributed by atoms with Crippen LogP contribution in [0.15, 0.2) is 42.5 Å². The standard InChI is InChI=1S/C21H26N2OS/c1-17-5-10-20(25-17)11-12-21(24)22-15-18-6-8-19(9-7-18)16-23-13-3-2-4-14-23/h5-12H,2-4,13-16H2,1H3,(H,22,24)/b12-11+. The molecule has 2 aromatic rings. The Morgan fingerprint density at radius 1 is 1.08 bits per heavy atom. The van der Waals surface area contributed by atoms with Gasteiger partial charge in [-0.15, -0.1) is 11.3 Å². The molecule has 4 heteroatoms. The van der Waals surface area contributed by atoms with Crippen LogP contribution in [0.2, 0.25) is 0 Å². The molecule has 0 bridgehead atoms. The van der Waals surface area contributed by atoms with E-state index in [1.807, 2.05) is 12.1 Å². The fourth-order valence-electron chi connectivity index (χ4n) is 3.09. The van der Waals surface area contributed by atoms with Crippen LogP contribution < -0.4 is 5.32 Å². The second-order valence-corrected chi connectivity index (χ2v) is 7.97. The van der Waals surface area contributed by atoms with Gasteiger partial charge < -0.3 is 5.32 Å². The first-order valence-corrected chi connectivity index (χ1v) is 9.83. The number of nitrogens with one attached hydrogen (secondary N) is 1. The number of carbonyl (C=O) groups excluding carboxylic acids is 1. The monoisotopic (exact) mass is 354 g/mol. The maximum atomic E-state index is 11.9. The fraction of sp³-hybridized carbons (Fsp3) is 0.381. The molecular formula is C21H26N2OS. The van der Waals surface area contributed by atoms with Gasteiger partial charge in [-0.2, -0.15) is 0 Å². The van der Waals surface area contributed by atoms with Crippen LogP contribution in [0, 0.1) is 6.92 Å². The van der Waals surface area contributed by atoms with Crippen LogP contribution in [-0.4, -0.2) is 23.9 Å². The van der Waals surface area contributed by atoms with Crippen molar-refractivity contribution in [1.82, 2.24) is 10.2 Å². The lowest BCUT2D eigenvalue weighted by Crippen LogP contribution is -2.29. The largest absolute Gasteiger partial charge is 0.348 e. The van der Waals surface area contributed by atoms with Gasteiger partial charge in [-0.3, -0.25) is 9.69 Å². The van der Waals surface area contributed by atoms with E-state index in [9.17, 15) is 4.79 Å². The lowest BCUT2D eigenvalue weighted by molar-refractivity contribution is -0.116. The van der Waals surface area contributed by atoms with E-state index in [1.54, 1.807) is 17.4 Å². The Morgan fingerprint density at radius 3 is 2.48 bits per heavy atom. The van der Waals surface area contributed by atoms with Crippen LogP contribution >= 0.6 is 11.3 Å². The van der Waals surface area contributed by atoms with Crippen molar-refractivity contribution in [3.63, 3.8) is 0 Å². The molecule has 3 nitrogen and oxygen atoms in total. The first-order chi connectivity index (χ1) is 12.2. The predicted molar refractivity (Wildman–Crippen MR) is 106 cm³/mol. The molecule has 0 atom stereocenters. The van der Waals surface area contributed by atoms with E-state index in [2.05, 4.69) is 47.5 Å². The van der Waals surface area contributed by atoms with Gasteiger partial charge in [-0.05, 0) is 62.2 Å². The first-order valence-electron chi connectivity index (χ1n) is 9.01. The Balaban J connectivity index is 1.44. The van der Waals surface area contributed by atoms with Crippen LogP contribution in [0.3, 0.4) is 0 Å². The zero-order chi connectivity index (χ0) is 17.5. The van der Waals surface area contributed by atoms with Gasteiger partial charge in [0, 0.05) is 28.9 Å². The first kappa shape index (κ1) is 17.9. The predicted octanol–water partition coefficient (Wildman–Crippen LogP) is 4.37. The Labute approximate surface area is 154 Å². The zero-order valence-corrected chi connectivity index (χ0v) is 15.6. The molecule has 1 aromatic heterocycles. The molecule has 0 aliphatic carbocycles. The molecular weight excluding hydrogens is 328 g/mol. The second kappa shape index (κ2) is 8.97. The minimum atomic E-state index is -0.0524. The molecule has 1 aliphatic heterocycles. The van der Waals surface area contributed by atoms with Crippen LogP contribution in [0.4, 0.5) is 0 Å². The van der Waals surface area contributed by atoms with Gasteiger partial charge >= 0.3 is 0 Å². The Morgan fingerprint density at radius 2 is 1.80 bits per heavy atom. The average Bonchev–Trinajstić information content (AvgIpc) is 3.06. The molecule has 0 radical (unpaired) electrons. The van der Waals surface area contributed by atoms with Gasteiger partial charge in [0.05, 0.1) is 0 Å². The van der Waals surface area contributed by atoms with Crippen molar-refractivity contribution in [2.45, 2.75) is 39.3 Å². The highest BCUT2D eigenvalue weighted by molar-refractivity contribution is 7.12. The van der Waals surface area contributed by atoms with E-state index < -0.39 is 0 Å². The van der Waals surface area contributed by atoms with Gasteiger partial charge in [0.2, 0.25) is 5.91 Å². The maximum Gasteiger partial charge on any atom is 0.244 e. The van der Waals surface area contributed by atoms with E-state index in [0.29, 0.717) is 6.54 Å². The smallest absolute Gasteiger partial charge is 0.244 e. The van der Waals surface area contributed by atoms with Crippen LogP contribution in [-0.2, 0) is 17.9 Å². The van der Waals surface area contributed by atoms with Crippen LogP contribution in [0.5, 0.6) is 0 Å². The van der Waals surface area contributed by atoms with Crippen molar-refractivity contribution in [2.75, 3.05) is 13.1 Å². The highest BCUT2D eigenvalue weighted by Crippen LogP contribution is 2.16. The van der Waals surface area contributed by atoms with Crippen molar-refractivity contribution < 1.29 is 4.79 Å². The van der Waals surface area contributed by atoms with Gasteiger partial charge in [0.25, 0.3) is 0 Å². The SMILES string of the molecule is Cc1ccc(/C=C/C(=O)NCc2ccc(CN3CCCCC3)cc2)s1. The summed E-state index contributed by atoms with van der Waals surface area (Å²) in [5.41, 5.74) is 2.49. The summed E-state index contributed by atoms with van der Waals surface area (Å²) < 4.78 is 0. The number of likely N-dealkylation sites (tertiary alicyclic amines) is 1. The van der Waals surface area contributed by atoms with Crippen molar-refractivity contribution in [3.05, 3.63) is 63.4 Å². The lowest BCUT2D eigenvalue weighted by atomic mass is 10.1. The Bertz CT molecular complexity index is 712. The van der Waals surface area contributed by atoms with Crippen molar-refractivity contribution >= 4 is 23.3 Å². The summed E-state index contributed by atoms with van der Waals surface area (Å²) in [5, 5.41) is 2.95. The molecule has 132 valence electrons. The zero-order valence-electron chi connectivity index (χ0n) is 14.8. The van der Waals surface area contributed by atoms with E-state index in [-0.39, 0.29) is 5.91 Å². The number of benzene rings is 1. The molecule has 3 rings (SSSR count). The third-order valence-electron chi connectivity index (χ3n) is 4.50. The number of nitrogens with zero attached hydrogens (tertiary/aromatic N) is 1. The van der Waals surface area contributed by atoms with E-state index in [4.69, 9.17) is 0 Å². The molecule has 0 saturated carbocycles. The minimum absolute atomic E-state index is 0.0524. The lowest BCUT2D eigenvalue weighted by Gasteiger charge is -2.26. The molecule has 2 heterocycles. The number of hydrogen-bond donors (Lipinski definition) is 1. The van der Waals surface area contributed by atoms with Gasteiger partial charge in [0.15, 0.2) is 0 Å². The van der Waals surface area contributed by atoms with Gasteiger partial charge in [-0.1, -0.05) is 30.7 Å². The molecule has 0 unspecified atom stereocenters. The summed E-state index contributed by atoms with van der Waals surface area (Å²) in [6.45, 7) is 6.10. The molecule has 1 amide bonds. The Hall–Kier alpha value is -1.91. The highest BCUT2D eigenvalue weighted by atomic mass is 32.1. The molecule has 1 saturated heterocycles. The quantitative estimate of drug-likeness (QED) is 0.781. The van der Waals surface area contributed by atoms with E-state index in [1.165, 1.54) is 42.8 Å². The number of rotatable bonds is 6. The third kappa shape index (κ3) is 5.83.